The van der Waals surface area contributed by atoms with Crippen LogP contribution in [0.25, 0.3) is 11.1 Å². The summed E-state index contributed by atoms with van der Waals surface area (Å²) in [6.07, 6.45) is 2.37. The van der Waals surface area contributed by atoms with Gasteiger partial charge in [0.2, 0.25) is 15.9 Å². The van der Waals surface area contributed by atoms with E-state index in [1.807, 2.05) is 12.1 Å². The van der Waals surface area contributed by atoms with E-state index in [-0.39, 0.29) is 29.6 Å². The van der Waals surface area contributed by atoms with Crippen LogP contribution in [-0.4, -0.2) is 44.6 Å². The monoisotopic (exact) mass is 436 g/mol. The van der Waals surface area contributed by atoms with Crippen LogP contribution < -0.4 is 4.72 Å². The predicted octanol–water partition coefficient (Wildman–Crippen LogP) is 3.40. The zero-order valence-corrected chi connectivity index (χ0v) is 17.5. The van der Waals surface area contributed by atoms with Gasteiger partial charge in [0.15, 0.2) is 0 Å². The number of hydrogen-bond acceptors (Lipinski definition) is 3. The first-order valence-corrected chi connectivity index (χ1v) is 11.8. The first kappa shape index (κ1) is 20.3. The molecule has 1 saturated heterocycles. The van der Waals surface area contributed by atoms with Gasteiger partial charge in [0, 0.05) is 41.2 Å². The number of hydrogen-bond donors (Lipinski definition) is 1. The van der Waals surface area contributed by atoms with Gasteiger partial charge in [0.1, 0.15) is 5.82 Å². The Bertz CT molecular complexity index is 1060. The summed E-state index contributed by atoms with van der Waals surface area (Å²) in [6, 6.07) is 11.8. The Morgan fingerprint density at radius 3 is 2.69 bits per heavy atom. The quantitative estimate of drug-likeness (QED) is 0.781. The molecule has 0 aromatic heterocycles. The van der Waals surface area contributed by atoms with E-state index in [1.165, 1.54) is 6.07 Å². The van der Waals surface area contributed by atoms with Crippen molar-refractivity contribution in [1.82, 2.24) is 9.62 Å². The lowest BCUT2D eigenvalue weighted by Crippen LogP contribution is -2.38. The van der Waals surface area contributed by atoms with E-state index in [1.54, 1.807) is 29.2 Å². The molecule has 154 valence electrons. The van der Waals surface area contributed by atoms with E-state index in [2.05, 4.69) is 4.72 Å². The molecule has 0 radical (unpaired) electrons. The summed E-state index contributed by atoms with van der Waals surface area (Å²) < 4.78 is 40.1. The topological polar surface area (TPSA) is 66.5 Å². The van der Waals surface area contributed by atoms with Crippen LogP contribution in [0.2, 0.25) is 5.02 Å². The van der Waals surface area contributed by atoms with Crippen LogP contribution in [0, 0.1) is 11.7 Å². The number of likely N-dealkylation sites (tertiary alicyclic amines) is 1. The van der Waals surface area contributed by atoms with E-state index in [9.17, 15) is 17.6 Å². The number of rotatable bonds is 5. The van der Waals surface area contributed by atoms with Crippen LogP contribution in [0.5, 0.6) is 0 Å². The highest BCUT2D eigenvalue weighted by atomic mass is 35.5. The van der Waals surface area contributed by atoms with Crippen molar-refractivity contribution >= 4 is 27.5 Å². The molecular formula is C21H22ClFN2O3S. The van der Waals surface area contributed by atoms with Gasteiger partial charge in [0.05, 0.1) is 6.26 Å². The van der Waals surface area contributed by atoms with Gasteiger partial charge in [-0.1, -0.05) is 41.9 Å². The molecule has 1 aliphatic carbocycles. The number of nitrogens with zero attached hydrogens (tertiary/aromatic N) is 1. The molecule has 1 saturated carbocycles. The second-order valence-corrected chi connectivity index (χ2v) is 9.98. The second kappa shape index (κ2) is 7.70. The highest BCUT2D eigenvalue weighted by Gasteiger charge is 2.48. The summed E-state index contributed by atoms with van der Waals surface area (Å²) >= 11 is 6.30. The minimum atomic E-state index is -3.30. The van der Waals surface area contributed by atoms with Crippen molar-refractivity contribution in [2.75, 3.05) is 19.3 Å². The number of carbonyl (C=O) groups excluding carboxylic acids is 1. The van der Waals surface area contributed by atoms with Gasteiger partial charge in [-0.15, -0.1) is 0 Å². The zero-order chi connectivity index (χ0) is 20.8. The molecule has 29 heavy (non-hydrogen) atoms. The number of sulfonamides is 1. The third-order valence-electron chi connectivity index (χ3n) is 5.58. The predicted molar refractivity (Wildman–Crippen MR) is 111 cm³/mol. The van der Waals surface area contributed by atoms with E-state index in [0.717, 1.165) is 11.8 Å². The number of amides is 1. The zero-order valence-electron chi connectivity index (χ0n) is 15.9. The molecule has 1 heterocycles. The minimum absolute atomic E-state index is 0.00201. The molecule has 5 nitrogen and oxygen atoms in total. The Hall–Kier alpha value is -1.96. The Labute approximate surface area is 174 Å². The molecule has 2 aromatic rings. The van der Waals surface area contributed by atoms with E-state index >= 15 is 0 Å². The Morgan fingerprint density at radius 1 is 1.21 bits per heavy atom. The average Bonchev–Trinajstić information content (AvgIpc) is 3.32. The van der Waals surface area contributed by atoms with Gasteiger partial charge in [-0.3, -0.25) is 4.79 Å². The van der Waals surface area contributed by atoms with Crippen LogP contribution in [0.15, 0.2) is 42.5 Å². The highest BCUT2D eigenvalue weighted by molar-refractivity contribution is 7.88. The van der Waals surface area contributed by atoms with Gasteiger partial charge >= 0.3 is 0 Å². The fourth-order valence-electron chi connectivity index (χ4n) is 4.20. The molecule has 1 amide bonds. The third kappa shape index (κ3) is 4.32. The number of nitrogens with one attached hydrogen (secondary N) is 1. The molecule has 2 aromatic carbocycles. The molecule has 0 unspecified atom stereocenters. The molecule has 4 rings (SSSR count). The average molecular weight is 437 g/mol. The molecule has 0 bridgehead atoms. The maximum Gasteiger partial charge on any atom is 0.226 e. The normalized spacial score (nSPS) is 24.0. The maximum absolute atomic E-state index is 14.7. The molecule has 2 fully saturated rings. The van der Waals surface area contributed by atoms with Crippen LogP contribution in [-0.2, 0) is 14.8 Å². The van der Waals surface area contributed by atoms with Crippen molar-refractivity contribution < 1.29 is 17.6 Å². The lowest BCUT2D eigenvalue weighted by molar-refractivity contribution is -0.131. The smallest absolute Gasteiger partial charge is 0.226 e. The van der Waals surface area contributed by atoms with Crippen LogP contribution >= 0.6 is 11.6 Å². The molecule has 2 aliphatic rings. The summed E-state index contributed by atoms with van der Waals surface area (Å²) in [6.45, 7) is 0.894. The lowest BCUT2D eigenvalue weighted by Gasteiger charge is -2.17. The summed E-state index contributed by atoms with van der Waals surface area (Å²) in [5, 5.41) is 0.469. The lowest BCUT2D eigenvalue weighted by atomic mass is 9.95. The van der Waals surface area contributed by atoms with Crippen molar-refractivity contribution in [3.63, 3.8) is 0 Å². The van der Waals surface area contributed by atoms with Crippen LogP contribution in [0.1, 0.15) is 24.3 Å². The maximum atomic E-state index is 14.7. The first-order valence-electron chi connectivity index (χ1n) is 9.54. The Balaban J connectivity index is 1.52. The fourth-order valence-corrected chi connectivity index (χ4v) is 5.23. The number of carbonyl (C=O) groups is 1. The van der Waals surface area contributed by atoms with Crippen molar-refractivity contribution in [2.45, 2.75) is 24.8 Å². The standard InChI is InChI=1S/C21H22ClFN2O3S/c1-29(27,28)24-13-9-10-25(12-13)21(26)17-11-16(17)14-6-4-8-19(23)20(14)15-5-2-3-7-18(15)22/h2-8,13,16-17,24H,9-12H2,1H3/t13-,16+,17-/m1/s1. The van der Waals surface area contributed by atoms with Gasteiger partial charge in [0.25, 0.3) is 0 Å². The molecule has 1 aliphatic heterocycles. The minimum Gasteiger partial charge on any atom is -0.341 e. The van der Waals surface area contributed by atoms with Gasteiger partial charge in [-0.05, 0) is 36.5 Å². The summed E-state index contributed by atoms with van der Waals surface area (Å²) in [4.78, 5) is 14.6. The summed E-state index contributed by atoms with van der Waals surface area (Å²) in [7, 11) is -3.30. The third-order valence-corrected chi connectivity index (χ3v) is 6.67. The molecular weight excluding hydrogens is 415 g/mol. The summed E-state index contributed by atoms with van der Waals surface area (Å²) in [5.41, 5.74) is 1.87. The van der Waals surface area contributed by atoms with E-state index < -0.39 is 10.0 Å². The molecule has 0 spiro atoms. The fraction of sp³-hybridized carbons (Fsp3) is 0.381. The second-order valence-electron chi connectivity index (χ2n) is 7.79. The molecule has 1 N–H and O–H groups in total. The number of benzene rings is 2. The largest absolute Gasteiger partial charge is 0.341 e. The Kier molecular flexibility index (Phi) is 5.40. The SMILES string of the molecule is CS(=O)(=O)N[C@@H]1CCN(C(=O)[C@@H]2C[C@H]2c2cccc(F)c2-c2ccccc2Cl)C1. The molecule has 8 heteroatoms. The Morgan fingerprint density at radius 2 is 1.97 bits per heavy atom. The van der Waals surface area contributed by atoms with Crippen molar-refractivity contribution in [1.29, 1.82) is 0 Å². The van der Waals surface area contributed by atoms with Crippen molar-refractivity contribution in [3.8, 4) is 11.1 Å². The number of halogens is 2. The first-order chi connectivity index (χ1) is 13.7. The van der Waals surface area contributed by atoms with Gasteiger partial charge in [-0.2, -0.15) is 0 Å². The van der Waals surface area contributed by atoms with Crippen molar-refractivity contribution in [2.24, 2.45) is 5.92 Å². The van der Waals surface area contributed by atoms with Crippen molar-refractivity contribution in [3.05, 3.63) is 58.9 Å². The molecule has 3 atom stereocenters. The van der Waals surface area contributed by atoms with Crippen LogP contribution in [0.4, 0.5) is 4.39 Å². The summed E-state index contributed by atoms with van der Waals surface area (Å²) in [5.74, 6) is -0.629. The highest BCUT2D eigenvalue weighted by Crippen LogP contribution is 2.52. The van der Waals surface area contributed by atoms with Gasteiger partial charge < -0.3 is 4.90 Å². The van der Waals surface area contributed by atoms with Crippen LogP contribution in [0.3, 0.4) is 0 Å². The van der Waals surface area contributed by atoms with Gasteiger partial charge in [-0.25, -0.2) is 17.5 Å². The van der Waals surface area contributed by atoms with E-state index in [4.69, 9.17) is 11.6 Å². The van der Waals surface area contributed by atoms with E-state index in [0.29, 0.717) is 42.1 Å².